The number of H-pyrrole nitrogens is 1. The number of benzene rings is 2. The molecular weight excluding hydrogens is 482 g/mol. The van der Waals surface area contributed by atoms with Gasteiger partial charge in [-0.3, -0.25) is 9.80 Å². The molecule has 200 valence electrons. The molecule has 0 saturated carbocycles. The molecule has 2 atom stereocenters. The smallest absolute Gasteiger partial charge is 0.135 e. The van der Waals surface area contributed by atoms with Gasteiger partial charge in [0.1, 0.15) is 35.5 Å². The number of aromatic amines is 1. The molecule has 0 spiro atoms. The Morgan fingerprint density at radius 1 is 1.08 bits per heavy atom. The van der Waals surface area contributed by atoms with Crippen LogP contribution < -0.4 is 4.74 Å². The maximum atomic E-state index is 15.7. The highest BCUT2D eigenvalue weighted by molar-refractivity contribution is 5.85. The van der Waals surface area contributed by atoms with Gasteiger partial charge < -0.3 is 9.72 Å². The summed E-state index contributed by atoms with van der Waals surface area (Å²) in [5.41, 5.74) is 0.301. The van der Waals surface area contributed by atoms with Crippen LogP contribution in [0.15, 0.2) is 30.3 Å². The molecule has 2 unspecified atom stereocenters. The molecule has 0 aliphatic carbocycles. The summed E-state index contributed by atoms with van der Waals surface area (Å²) in [6.07, 6.45) is 1.66. The summed E-state index contributed by atoms with van der Waals surface area (Å²) in [5, 5.41) is 0.683. The van der Waals surface area contributed by atoms with E-state index in [9.17, 15) is 8.78 Å². The zero-order valence-corrected chi connectivity index (χ0v) is 21.9. The summed E-state index contributed by atoms with van der Waals surface area (Å²) in [6, 6.07) is 5.71. The molecule has 1 fully saturated rings. The van der Waals surface area contributed by atoms with Crippen molar-refractivity contribution in [3.05, 3.63) is 64.6 Å². The summed E-state index contributed by atoms with van der Waals surface area (Å²) in [7, 11) is 0. The number of nitrogens with one attached hydrogen (secondary N) is 1. The minimum atomic E-state index is -1.59. The van der Waals surface area contributed by atoms with Crippen LogP contribution in [-0.4, -0.2) is 59.3 Å². The van der Waals surface area contributed by atoms with E-state index < -0.39 is 23.3 Å². The van der Waals surface area contributed by atoms with Crippen LogP contribution in [0, 0.1) is 23.4 Å². The average Bonchev–Trinajstić information content (AvgIpc) is 3.13. The third-order valence-electron chi connectivity index (χ3n) is 7.74. The second-order valence-electron chi connectivity index (χ2n) is 11.2. The first-order valence-electron chi connectivity index (χ1n) is 13.1. The largest absolute Gasteiger partial charge is 0.492 e. The van der Waals surface area contributed by atoms with Crippen LogP contribution in [0.1, 0.15) is 57.0 Å². The van der Waals surface area contributed by atoms with Crippen molar-refractivity contribution in [1.29, 1.82) is 0 Å². The molecule has 1 N–H and O–H groups in total. The second-order valence-corrected chi connectivity index (χ2v) is 11.2. The van der Waals surface area contributed by atoms with Crippen molar-refractivity contribution in [2.45, 2.75) is 58.3 Å². The molecule has 4 nitrogen and oxygen atoms in total. The predicted molar refractivity (Wildman–Crippen MR) is 137 cm³/mol. The Morgan fingerprint density at radius 2 is 1.78 bits per heavy atom. The fourth-order valence-electron chi connectivity index (χ4n) is 5.83. The number of hydrogen-bond acceptors (Lipinski definition) is 3. The minimum absolute atomic E-state index is 0.0201. The molecule has 0 bridgehead atoms. The maximum Gasteiger partial charge on any atom is 0.135 e. The molecule has 5 rings (SSSR count). The number of hydrogen-bond donors (Lipinski definition) is 1. The van der Waals surface area contributed by atoms with Crippen LogP contribution in [-0.2, 0) is 6.42 Å². The Balaban J connectivity index is 1.48. The molecule has 3 aromatic rings. The SMILES string of the molecule is CCC1CN(CCOc2cc(F)c(C3c4[nH]c5ccc(F)cc5c4CC(C)N3CC(C)(C)F)c(F)c2)C1. The zero-order valence-electron chi connectivity index (χ0n) is 21.9. The van der Waals surface area contributed by atoms with Crippen molar-refractivity contribution in [1.82, 2.24) is 14.8 Å². The lowest BCUT2D eigenvalue weighted by atomic mass is 9.87. The molecule has 2 aromatic carbocycles. The highest BCUT2D eigenvalue weighted by atomic mass is 19.1. The van der Waals surface area contributed by atoms with Crippen molar-refractivity contribution >= 4 is 10.9 Å². The van der Waals surface area contributed by atoms with E-state index in [2.05, 4.69) is 16.8 Å². The number of aromatic nitrogens is 1. The molecule has 0 amide bonds. The van der Waals surface area contributed by atoms with E-state index >= 15 is 8.78 Å². The quantitative estimate of drug-likeness (QED) is 0.352. The van der Waals surface area contributed by atoms with Crippen molar-refractivity contribution in [3.8, 4) is 5.75 Å². The van der Waals surface area contributed by atoms with E-state index in [0.717, 1.165) is 31.0 Å². The second kappa shape index (κ2) is 9.95. The Morgan fingerprint density at radius 3 is 2.43 bits per heavy atom. The van der Waals surface area contributed by atoms with Crippen molar-refractivity contribution in [3.63, 3.8) is 0 Å². The standard InChI is InChI=1S/C29H35F4N3O/c1-5-18-14-35(15-18)8-9-37-20-12-23(31)26(24(32)13-20)28-27-22(10-17(2)36(28)16-29(3,4)33)21-11-19(30)6-7-25(21)34-27/h6-7,11-13,17-18,28,34H,5,8-10,14-16H2,1-4H3. The summed E-state index contributed by atoms with van der Waals surface area (Å²) < 4.78 is 66.0. The molecule has 2 aliphatic rings. The number of ether oxygens (including phenoxy) is 1. The Labute approximate surface area is 215 Å². The molecule has 1 aromatic heterocycles. The molecular formula is C29H35F4N3O. The van der Waals surface area contributed by atoms with E-state index in [4.69, 9.17) is 4.74 Å². The van der Waals surface area contributed by atoms with Gasteiger partial charge in [0.05, 0.1) is 6.04 Å². The number of likely N-dealkylation sites (tertiary alicyclic amines) is 1. The van der Waals surface area contributed by atoms with Gasteiger partial charge in [-0.2, -0.15) is 0 Å². The summed E-state index contributed by atoms with van der Waals surface area (Å²) in [4.78, 5) is 7.32. The van der Waals surface area contributed by atoms with Crippen LogP contribution in [0.25, 0.3) is 10.9 Å². The normalized spacial score (nSPS) is 21.3. The van der Waals surface area contributed by atoms with Crippen LogP contribution in [0.3, 0.4) is 0 Å². The summed E-state index contributed by atoms with van der Waals surface area (Å²) in [5.74, 6) is -1.03. The van der Waals surface area contributed by atoms with Crippen LogP contribution >= 0.6 is 0 Å². The van der Waals surface area contributed by atoms with Gasteiger partial charge in [0.25, 0.3) is 0 Å². The van der Waals surface area contributed by atoms with Gasteiger partial charge in [-0.1, -0.05) is 13.3 Å². The number of alkyl halides is 1. The third-order valence-corrected chi connectivity index (χ3v) is 7.74. The van der Waals surface area contributed by atoms with Gasteiger partial charge >= 0.3 is 0 Å². The lowest BCUT2D eigenvalue weighted by Gasteiger charge is -2.43. The number of fused-ring (bicyclic) bond motifs is 3. The third kappa shape index (κ3) is 5.23. The Bertz CT molecular complexity index is 1260. The van der Waals surface area contributed by atoms with Crippen LogP contribution in [0.4, 0.5) is 17.6 Å². The molecule has 1 saturated heterocycles. The van der Waals surface area contributed by atoms with Gasteiger partial charge in [-0.05, 0) is 56.9 Å². The van der Waals surface area contributed by atoms with E-state index in [-0.39, 0.29) is 29.7 Å². The topological polar surface area (TPSA) is 31.5 Å². The molecule has 0 radical (unpaired) electrons. The number of nitrogens with zero attached hydrogens (tertiary/aromatic N) is 2. The van der Waals surface area contributed by atoms with Gasteiger partial charge in [0, 0.05) is 66.5 Å². The minimum Gasteiger partial charge on any atom is -0.492 e. The average molecular weight is 518 g/mol. The molecule has 37 heavy (non-hydrogen) atoms. The van der Waals surface area contributed by atoms with Gasteiger partial charge in [0.2, 0.25) is 0 Å². The highest BCUT2D eigenvalue weighted by Crippen LogP contribution is 2.44. The fraction of sp³-hybridized carbons (Fsp3) is 0.517. The lowest BCUT2D eigenvalue weighted by Crippen LogP contribution is -2.48. The van der Waals surface area contributed by atoms with Gasteiger partial charge in [-0.15, -0.1) is 0 Å². The van der Waals surface area contributed by atoms with Crippen molar-refractivity contribution in [2.75, 3.05) is 32.8 Å². The molecule has 8 heteroatoms. The van der Waals surface area contributed by atoms with E-state index in [0.29, 0.717) is 36.2 Å². The zero-order chi connectivity index (χ0) is 26.5. The number of rotatable bonds is 8. The van der Waals surface area contributed by atoms with Gasteiger partial charge in [-0.25, -0.2) is 17.6 Å². The highest BCUT2D eigenvalue weighted by Gasteiger charge is 2.41. The van der Waals surface area contributed by atoms with Gasteiger partial charge in [0.15, 0.2) is 0 Å². The van der Waals surface area contributed by atoms with Crippen LogP contribution in [0.2, 0.25) is 0 Å². The van der Waals surface area contributed by atoms with Crippen molar-refractivity contribution in [2.24, 2.45) is 5.92 Å². The first-order valence-corrected chi connectivity index (χ1v) is 13.1. The van der Waals surface area contributed by atoms with E-state index in [1.165, 1.54) is 38.1 Å². The maximum absolute atomic E-state index is 15.7. The van der Waals surface area contributed by atoms with Crippen molar-refractivity contribution < 1.29 is 22.3 Å². The summed E-state index contributed by atoms with van der Waals surface area (Å²) >= 11 is 0. The van der Waals surface area contributed by atoms with E-state index in [1.807, 2.05) is 6.92 Å². The summed E-state index contributed by atoms with van der Waals surface area (Å²) in [6.45, 7) is 10.1. The Kier molecular flexibility index (Phi) is 7.00. The Hall–Kier alpha value is -2.58. The fourth-order valence-corrected chi connectivity index (χ4v) is 5.83. The lowest BCUT2D eigenvalue weighted by molar-refractivity contribution is 0.0641. The first kappa shape index (κ1) is 26.0. The number of halogens is 4. The predicted octanol–water partition coefficient (Wildman–Crippen LogP) is 6.39. The first-order chi connectivity index (χ1) is 17.5. The van der Waals surface area contributed by atoms with Crippen LogP contribution in [0.5, 0.6) is 5.75 Å². The molecule has 2 aliphatic heterocycles. The van der Waals surface area contributed by atoms with E-state index in [1.54, 1.807) is 11.0 Å². The monoisotopic (exact) mass is 517 g/mol. The molecule has 3 heterocycles.